The smallest absolute Gasteiger partial charge is 0.258 e. The number of pyridine rings is 1. The lowest BCUT2D eigenvalue weighted by atomic mass is 10.2. The van der Waals surface area contributed by atoms with E-state index in [1.54, 1.807) is 29.7 Å². The van der Waals surface area contributed by atoms with Crippen molar-refractivity contribution in [2.24, 2.45) is 0 Å². The monoisotopic (exact) mass is 389 g/mol. The Morgan fingerprint density at radius 2 is 2.15 bits per heavy atom. The van der Waals surface area contributed by atoms with Crippen LogP contribution in [0.5, 0.6) is 5.75 Å². The second-order valence-corrected chi connectivity index (χ2v) is 7.42. The quantitative estimate of drug-likeness (QED) is 0.668. The first kappa shape index (κ1) is 18.6. The van der Waals surface area contributed by atoms with Gasteiger partial charge in [0.1, 0.15) is 11.3 Å². The van der Waals surface area contributed by atoms with Gasteiger partial charge >= 0.3 is 0 Å². The number of likely N-dealkylation sites (N-methyl/N-ethyl adjacent to an activating group) is 1. The number of carbonyl (C=O) groups is 1. The summed E-state index contributed by atoms with van der Waals surface area (Å²) in [5.41, 5.74) is 0.651. The van der Waals surface area contributed by atoms with Crippen molar-refractivity contribution in [1.82, 2.24) is 15.2 Å². The minimum absolute atomic E-state index is 0.0715. The van der Waals surface area contributed by atoms with Gasteiger partial charge in [-0.05, 0) is 49.8 Å². The van der Waals surface area contributed by atoms with Crippen LogP contribution < -0.4 is 10.1 Å². The first-order valence-electron chi connectivity index (χ1n) is 8.19. The SMILES string of the molecule is CN(C)C(CNC(=O)COc1ccc(Cl)c2cccnc12)c1cccs1. The third kappa shape index (κ3) is 4.33. The van der Waals surface area contributed by atoms with Crippen molar-refractivity contribution in [2.45, 2.75) is 6.04 Å². The van der Waals surface area contributed by atoms with E-state index in [2.05, 4.69) is 21.3 Å². The minimum atomic E-state index is -0.174. The predicted molar refractivity (Wildman–Crippen MR) is 106 cm³/mol. The van der Waals surface area contributed by atoms with E-state index in [-0.39, 0.29) is 18.6 Å². The molecule has 5 nitrogen and oxygen atoms in total. The number of halogens is 1. The summed E-state index contributed by atoms with van der Waals surface area (Å²) in [6.07, 6.45) is 1.67. The second-order valence-electron chi connectivity index (χ2n) is 6.03. The lowest BCUT2D eigenvalue weighted by molar-refractivity contribution is -0.123. The highest BCUT2D eigenvalue weighted by Crippen LogP contribution is 2.29. The standard InChI is InChI=1S/C19H20ClN3O2S/c1-23(2)15(17-6-4-10-26-17)11-22-18(24)12-25-16-8-7-14(20)13-5-3-9-21-19(13)16/h3-10,15H,11-12H2,1-2H3,(H,22,24). The summed E-state index contributed by atoms with van der Waals surface area (Å²) in [5.74, 6) is 0.370. The normalized spacial score (nSPS) is 12.3. The molecule has 2 aromatic heterocycles. The van der Waals surface area contributed by atoms with Crippen LogP contribution in [0.15, 0.2) is 48.0 Å². The van der Waals surface area contributed by atoms with E-state index in [4.69, 9.17) is 16.3 Å². The number of aromatic nitrogens is 1. The number of rotatable bonds is 7. The molecule has 136 valence electrons. The number of thiophene rings is 1. The van der Waals surface area contributed by atoms with E-state index < -0.39 is 0 Å². The third-order valence-corrected chi connectivity index (χ3v) is 5.33. The Bertz CT molecular complexity index is 884. The van der Waals surface area contributed by atoms with Gasteiger partial charge in [0.25, 0.3) is 5.91 Å². The highest BCUT2D eigenvalue weighted by Gasteiger charge is 2.16. The first-order valence-corrected chi connectivity index (χ1v) is 9.44. The van der Waals surface area contributed by atoms with Crippen molar-refractivity contribution in [2.75, 3.05) is 27.2 Å². The average Bonchev–Trinajstić information content (AvgIpc) is 3.15. The molecule has 1 unspecified atom stereocenters. The van der Waals surface area contributed by atoms with E-state index in [9.17, 15) is 4.79 Å². The van der Waals surface area contributed by atoms with Gasteiger partial charge in [-0.15, -0.1) is 11.3 Å². The number of hydrogen-bond donors (Lipinski definition) is 1. The minimum Gasteiger partial charge on any atom is -0.481 e. The van der Waals surface area contributed by atoms with Crippen LogP contribution in [0.3, 0.4) is 0 Å². The van der Waals surface area contributed by atoms with Crippen LogP contribution in [0.25, 0.3) is 10.9 Å². The molecule has 3 rings (SSSR count). The Morgan fingerprint density at radius 3 is 2.88 bits per heavy atom. The van der Waals surface area contributed by atoms with Crippen LogP contribution in [0.2, 0.25) is 5.02 Å². The fourth-order valence-electron chi connectivity index (χ4n) is 2.65. The molecule has 0 saturated carbocycles. The average molecular weight is 390 g/mol. The summed E-state index contributed by atoms with van der Waals surface area (Å²) in [6, 6.07) is 11.4. The van der Waals surface area contributed by atoms with E-state index in [1.807, 2.05) is 37.7 Å². The summed E-state index contributed by atoms with van der Waals surface area (Å²) in [5, 5.41) is 6.38. The molecule has 0 aliphatic carbocycles. The lowest BCUT2D eigenvalue weighted by Gasteiger charge is -2.23. The number of amides is 1. The number of nitrogens with one attached hydrogen (secondary N) is 1. The molecule has 0 saturated heterocycles. The topological polar surface area (TPSA) is 54.5 Å². The maximum absolute atomic E-state index is 12.2. The molecule has 0 bridgehead atoms. The molecule has 7 heteroatoms. The van der Waals surface area contributed by atoms with Crippen LogP contribution in [0.1, 0.15) is 10.9 Å². The van der Waals surface area contributed by atoms with Crippen LogP contribution in [-0.4, -0.2) is 43.0 Å². The summed E-state index contributed by atoms with van der Waals surface area (Å²) in [4.78, 5) is 19.8. The van der Waals surface area contributed by atoms with Crippen molar-refractivity contribution in [3.63, 3.8) is 0 Å². The molecule has 1 aromatic carbocycles. The van der Waals surface area contributed by atoms with Gasteiger partial charge in [0.15, 0.2) is 6.61 Å². The number of hydrogen-bond acceptors (Lipinski definition) is 5. The number of carbonyl (C=O) groups excluding carboxylic acids is 1. The van der Waals surface area contributed by atoms with Crippen molar-refractivity contribution >= 4 is 39.7 Å². The van der Waals surface area contributed by atoms with Crippen LogP contribution >= 0.6 is 22.9 Å². The van der Waals surface area contributed by atoms with Gasteiger partial charge in [0, 0.05) is 23.0 Å². The van der Waals surface area contributed by atoms with Crippen LogP contribution in [-0.2, 0) is 4.79 Å². The molecular formula is C19H20ClN3O2S. The maximum atomic E-state index is 12.2. The number of fused-ring (bicyclic) bond motifs is 1. The highest BCUT2D eigenvalue weighted by molar-refractivity contribution is 7.10. The molecule has 1 atom stereocenters. The van der Waals surface area contributed by atoms with E-state index in [0.29, 0.717) is 22.8 Å². The summed E-state index contributed by atoms with van der Waals surface area (Å²) < 4.78 is 5.68. The van der Waals surface area contributed by atoms with E-state index in [0.717, 1.165) is 5.39 Å². The fourth-order valence-corrected chi connectivity index (χ4v) is 3.79. The number of ether oxygens (including phenoxy) is 1. The molecule has 3 aromatic rings. The number of benzene rings is 1. The molecule has 26 heavy (non-hydrogen) atoms. The van der Waals surface area contributed by atoms with Crippen molar-refractivity contribution in [3.05, 3.63) is 57.9 Å². The molecule has 0 spiro atoms. The molecule has 0 fully saturated rings. The molecule has 1 N–H and O–H groups in total. The van der Waals surface area contributed by atoms with Gasteiger partial charge in [0.05, 0.1) is 11.1 Å². The zero-order valence-corrected chi connectivity index (χ0v) is 16.2. The van der Waals surface area contributed by atoms with Gasteiger partial charge in [-0.2, -0.15) is 0 Å². The molecule has 0 aliphatic rings. The van der Waals surface area contributed by atoms with E-state index >= 15 is 0 Å². The molecule has 2 heterocycles. The summed E-state index contributed by atoms with van der Waals surface area (Å²) >= 11 is 7.86. The van der Waals surface area contributed by atoms with E-state index in [1.165, 1.54) is 4.88 Å². The number of nitrogens with zero attached hydrogens (tertiary/aromatic N) is 2. The first-order chi connectivity index (χ1) is 12.6. The molecule has 1 amide bonds. The zero-order valence-electron chi connectivity index (χ0n) is 14.6. The van der Waals surface area contributed by atoms with Gasteiger partial charge in [-0.25, -0.2) is 0 Å². The largest absolute Gasteiger partial charge is 0.481 e. The van der Waals surface area contributed by atoms with Gasteiger partial charge in [-0.1, -0.05) is 17.7 Å². The second kappa shape index (κ2) is 8.49. The molecule has 0 aliphatic heterocycles. The lowest BCUT2D eigenvalue weighted by Crippen LogP contribution is -2.36. The van der Waals surface area contributed by atoms with Crippen molar-refractivity contribution in [3.8, 4) is 5.75 Å². The Labute approximate surface area is 161 Å². The van der Waals surface area contributed by atoms with Gasteiger partial charge < -0.3 is 15.0 Å². The van der Waals surface area contributed by atoms with Crippen LogP contribution in [0, 0.1) is 0 Å². The highest BCUT2D eigenvalue weighted by atomic mass is 35.5. The van der Waals surface area contributed by atoms with Crippen molar-refractivity contribution < 1.29 is 9.53 Å². The molecule has 0 radical (unpaired) electrons. The summed E-state index contributed by atoms with van der Waals surface area (Å²) in [6.45, 7) is 0.452. The molecular weight excluding hydrogens is 370 g/mol. The Hall–Kier alpha value is -2.15. The Morgan fingerprint density at radius 1 is 1.31 bits per heavy atom. The summed E-state index contributed by atoms with van der Waals surface area (Å²) in [7, 11) is 4.00. The van der Waals surface area contributed by atoms with Crippen molar-refractivity contribution in [1.29, 1.82) is 0 Å². The maximum Gasteiger partial charge on any atom is 0.258 e. The Balaban J connectivity index is 1.60. The third-order valence-electron chi connectivity index (χ3n) is 4.03. The van der Waals surface area contributed by atoms with Gasteiger partial charge in [-0.3, -0.25) is 9.78 Å². The van der Waals surface area contributed by atoms with Gasteiger partial charge in [0.2, 0.25) is 0 Å². The Kier molecular flexibility index (Phi) is 6.08. The predicted octanol–water partition coefficient (Wildman–Crippen LogP) is 3.75. The fraction of sp³-hybridized carbons (Fsp3) is 0.263. The zero-order chi connectivity index (χ0) is 18.5. The van der Waals surface area contributed by atoms with Crippen LogP contribution in [0.4, 0.5) is 0 Å².